The lowest BCUT2D eigenvalue weighted by molar-refractivity contribution is 0.416. The van der Waals surface area contributed by atoms with Gasteiger partial charge in [0, 0.05) is 18.8 Å². The van der Waals surface area contributed by atoms with Gasteiger partial charge in [0.25, 0.3) is 5.89 Å². The zero-order chi connectivity index (χ0) is 14.1. The fraction of sp³-hybridized carbons (Fsp3) is 0.154. The van der Waals surface area contributed by atoms with Crippen molar-refractivity contribution in [3.63, 3.8) is 0 Å². The van der Waals surface area contributed by atoms with Gasteiger partial charge in [-0.3, -0.25) is 4.68 Å². The van der Waals surface area contributed by atoms with Crippen LogP contribution in [0.3, 0.4) is 0 Å². The number of ether oxygens (including phenoxy) is 1. The van der Waals surface area contributed by atoms with E-state index in [9.17, 15) is 0 Å². The Kier molecular flexibility index (Phi) is 2.86. The first kappa shape index (κ1) is 12.2. The van der Waals surface area contributed by atoms with Crippen molar-refractivity contribution in [2.24, 2.45) is 7.05 Å². The largest absolute Gasteiger partial charge is 0.495 e. The van der Waals surface area contributed by atoms with Crippen LogP contribution in [0.1, 0.15) is 0 Å². The zero-order valence-electron chi connectivity index (χ0n) is 11.1. The lowest BCUT2D eigenvalue weighted by Gasteiger charge is -2.04. The molecule has 3 aromatic rings. The smallest absolute Gasteiger partial charge is 0.258 e. The molecule has 2 heterocycles. The van der Waals surface area contributed by atoms with Crippen LogP contribution in [0.4, 0.5) is 5.69 Å². The van der Waals surface area contributed by atoms with E-state index in [4.69, 9.17) is 15.0 Å². The van der Waals surface area contributed by atoms with Crippen molar-refractivity contribution < 1.29 is 9.26 Å². The summed E-state index contributed by atoms with van der Waals surface area (Å²) in [6.45, 7) is 0. The molecule has 0 atom stereocenters. The molecule has 0 unspecified atom stereocenters. The zero-order valence-corrected chi connectivity index (χ0v) is 11.1. The fourth-order valence-electron chi connectivity index (χ4n) is 1.85. The fourth-order valence-corrected chi connectivity index (χ4v) is 1.85. The number of methoxy groups -OCH3 is 1. The Morgan fingerprint density at radius 1 is 1.30 bits per heavy atom. The number of aromatic nitrogens is 4. The normalized spacial score (nSPS) is 10.7. The molecule has 2 N–H and O–H groups in total. The Hall–Kier alpha value is -2.83. The van der Waals surface area contributed by atoms with Gasteiger partial charge in [0.2, 0.25) is 5.82 Å². The van der Waals surface area contributed by atoms with Gasteiger partial charge < -0.3 is 15.0 Å². The molecule has 1 aromatic carbocycles. The molecule has 0 aliphatic carbocycles. The Morgan fingerprint density at radius 2 is 2.15 bits per heavy atom. The maximum atomic E-state index is 5.86. The molecule has 0 fully saturated rings. The van der Waals surface area contributed by atoms with Crippen LogP contribution < -0.4 is 10.5 Å². The van der Waals surface area contributed by atoms with Crippen molar-refractivity contribution in [1.82, 2.24) is 19.9 Å². The van der Waals surface area contributed by atoms with Gasteiger partial charge in [-0.2, -0.15) is 10.1 Å². The van der Waals surface area contributed by atoms with E-state index >= 15 is 0 Å². The molecule has 20 heavy (non-hydrogen) atoms. The summed E-state index contributed by atoms with van der Waals surface area (Å²) >= 11 is 0. The summed E-state index contributed by atoms with van der Waals surface area (Å²) in [6, 6.07) is 7.12. The third-order valence-electron chi connectivity index (χ3n) is 2.85. The number of rotatable bonds is 3. The highest BCUT2D eigenvalue weighted by Crippen LogP contribution is 2.28. The molecule has 102 valence electrons. The molecule has 7 nitrogen and oxygen atoms in total. The standard InChI is InChI=1S/C13H13N5O2/c1-18-6-5-10(16-18)12-15-13(20-17-12)8-3-4-11(19-2)9(14)7-8/h3-7H,14H2,1-2H3. The number of hydrogen-bond donors (Lipinski definition) is 1. The highest BCUT2D eigenvalue weighted by atomic mass is 16.5. The van der Waals surface area contributed by atoms with E-state index in [2.05, 4.69) is 15.2 Å². The summed E-state index contributed by atoms with van der Waals surface area (Å²) in [5, 5.41) is 8.13. The van der Waals surface area contributed by atoms with Crippen LogP contribution in [0, 0.1) is 0 Å². The summed E-state index contributed by atoms with van der Waals surface area (Å²) in [6.07, 6.45) is 1.82. The molecule has 0 amide bonds. The summed E-state index contributed by atoms with van der Waals surface area (Å²) in [7, 11) is 3.39. The number of benzene rings is 1. The van der Waals surface area contributed by atoms with Gasteiger partial charge in [0.15, 0.2) is 0 Å². The molecule has 0 saturated heterocycles. The highest BCUT2D eigenvalue weighted by molar-refractivity contribution is 5.66. The molecule has 0 saturated carbocycles. The molecule has 2 aromatic heterocycles. The van der Waals surface area contributed by atoms with Crippen LogP contribution in [-0.4, -0.2) is 27.0 Å². The summed E-state index contributed by atoms with van der Waals surface area (Å²) in [5.74, 6) is 1.44. The van der Waals surface area contributed by atoms with Crippen LogP contribution in [-0.2, 0) is 7.05 Å². The van der Waals surface area contributed by atoms with Crippen LogP contribution >= 0.6 is 0 Å². The molecular formula is C13H13N5O2. The second-order valence-electron chi connectivity index (χ2n) is 4.25. The van der Waals surface area contributed by atoms with Crippen LogP contribution in [0.5, 0.6) is 5.75 Å². The molecule has 0 radical (unpaired) electrons. The number of anilines is 1. The first-order valence-electron chi connectivity index (χ1n) is 5.95. The summed E-state index contributed by atoms with van der Waals surface area (Å²) in [4.78, 5) is 4.31. The minimum absolute atomic E-state index is 0.389. The number of nitrogens with two attached hydrogens (primary N) is 1. The first-order valence-corrected chi connectivity index (χ1v) is 5.95. The molecule has 0 spiro atoms. The topological polar surface area (TPSA) is 92.0 Å². The van der Waals surface area contributed by atoms with Gasteiger partial charge in [0.05, 0.1) is 12.8 Å². The maximum Gasteiger partial charge on any atom is 0.258 e. The van der Waals surface area contributed by atoms with E-state index in [0.717, 1.165) is 5.56 Å². The lowest BCUT2D eigenvalue weighted by atomic mass is 10.2. The molecule has 0 aliphatic rings. The Labute approximate surface area is 115 Å². The van der Waals surface area contributed by atoms with Crippen molar-refractivity contribution in [3.05, 3.63) is 30.5 Å². The maximum absolute atomic E-state index is 5.86. The van der Waals surface area contributed by atoms with Crippen molar-refractivity contribution in [2.75, 3.05) is 12.8 Å². The van der Waals surface area contributed by atoms with Crippen molar-refractivity contribution in [2.45, 2.75) is 0 Å². The van der Waals surface area contributed by atoms with Crippen molar-refractivity contribution in [1.29, 1.82) is 0 Å². The van der Waals surface area contributed by atoms with Crippen LogP contribution in [0.25, 0.3) is 23.0 Å². The van der Waals surface area contributed by atoms with Crippen LogP contribution in [0.15, 0.2) is 35.0 Å². The minimum Gasteiger partial charge on any atom is -0.495 e. The Bertz CT molecular complexity index is 747. The first-order chi connectivity index (χ1) is 9.67. The number of hydrogen-bond acceptors (Lipinski definition) is 6. The van der Waals surface area contributed by atoms with Gasteiger partial charge in [-0.15, -0.1) is 0 Å². The second-order valence-corrected chi connectivity index (χ2v) is 4.25. The van der Waals surface area contributed by atoms with Crippen molar-refractivity contribution in [3.8, 4) is 28.7 Å². The molecular weight excluding hydrogens is 258 g/mol. The van der Waals surface area contributed by atoms with Gasteiger partial charge in [-0.05, 0) is 24.3 Å². The summed E-state index contributed by atoms with van der Waals surface area (Å²) in [5.41, 5.74) is 7.77. The minimum atomic E-state index is 0.389. The van der Waals surface area contributed by atoms with Crippen molar-refractivity contribution >= 4 is 5.69 Å². The summed E-state index contributed by atoms with van der Waals surface area (Å²) < 4.78 is 12.0. The van der Waals surface area contributed by atoms with E-state index in [-0.39, 0.29) is 0 Å². The van der Waals surface area contributed by atoms with Gasteiger partial charge >= 0.3 is 0 Å². The van der Waals surface area contributed by atoms with E-state index in [0.29, 0.717) is 28.8 Å². The van der Waals surface area contributed by atoms with Crippen LogP contribution in [0.2, 0.25) is 0 Å². The number of nitrogens with zero attached hydrogens (tertiary/aromatic N) is 4. The highest BCUT2D eigenvalue weighted by Gasteiger charge is 2.13. The molecule has 3 rings (SSSR count). The van der Waals surface area contributed by atoms with E-state index in [1.807, 2.05) is 25.4 Å². The number of aryl methyl sites for hydroxylation is 1. The molecule has 0 aliphatic heterocycles. The second kappa shape index (κ2) is 4.69. The average Bonchev–Trinajstić information content (AvgIpc) is 3.07. The average molecular weight is 271 g/mol. The van der Waals surface area contributed by atoms with Gasteiger partial charge in [0.1, 0.15) is 11.4 Å². The van der Waals surface area contributed by atoms with E-state index < -0.39 is 0 Å². The predicted octanol–water partition coefficient (Wildman–Crippen LogP) is 1.73. The van der Waals surface area contributed by atoms with E-state index in [1.54, 1.807) is 23.9 Å². The van der Waals surface area contributed by atoms with Gasteiger partial charge in [-0.25, -0.2) is 0 Å². The SMILES string of the molecule is COc1ccc(-c2nc(-c3ccn(C)n3)no2)cc1N. The number of nitrogen functional groups attached to an aromatic ring is 1. The monoisotopic (exact) mass is 271 g/mol. The Morgan fingerprint density at radius 3 is 2.80 bits per heavy atom. The van der Waals surface area contributed by atoms with Gasteiger partial charge in [-0.1, -0.05) is 5.16 Å². The lowest BCUT2D eigenvalue weighted by Crippen LogP contribution is -1.92. The molecule has 0 bridgehead atoms. The van der Waals surface area contributed by atoms with E-state index in [1.165, 1.54) is 0 Å². The molecule has 7 heteroatoms. The Balaban J connectivity index is 1.95. The quantitative estimate of drug-likeness (QED) is 0.729. The predicted molar refractivity (Wildman–Crippen MR) is 72.9 cm³/mol. The third kappa shape index (κ3) is 2.09. The third-order valence-corrected chi connectivity index (χ3v) is 2.85.